The fourth-order valence-corrected chi connectivity index (χ4v) is 2.30. The lowest BCUT2D eigenvalue weighted by Crippen LogP contribution is -2.20. The maximum atomic E-state index is 13.7. The van der Waals surface area contributed by atoms with E-state index in [2.05, 4.69) is 15.6 Å². The molecule has 4 nitrogen and oxygen atoms in total. The van der Waals surface area contributed by atoms with Crippen LogP contribution >= 0.6 is 0 Å². The highest BCUT2D eigenvalue weighted by atomic mass is 19.1. The molecule has 0 saturated carbocycles. The van der Waals surface area contributed by atoms with Gasteiger partial charge in [0.15, 0.2) is 0 Å². The number of nitrogens with one attached hydrogen (secondary N) is 2. The third-order valence-electron chi connectivity index (χ3n) is 3.51. The molecular weight excluding hydrogens is 305 g/mol. The van der Waals surface area contributed by atoms with Gasteiger partial charge in [-0.05, 0) is 53.9 Å². The zero-order valence-corrected chi connectivity index (χ0v) is 13.1. The maximum absolute atomic E-state index is 13.7. The van der Waals surface area contributed by atoms with Crippen LogP contribution in [0.25, 0.3) is 11.1 Å². The molecule has 0 saturated heterocycles. The van der Waals surface area contributed by atoms with Gasteiger partial charge in [-0.2, -0.15) is 0 Å². The second-order valence-electron chi connectivity index (χ2n) is 5.38. The summed E-state index contributed by atoms with van der Waals surface area (Å²) in [4.78, 5) is 16.1. The molecule has 3 rings (SSSR count). The number of aromatic nitrogens is 1. The number of halogens is 1. The van der Waals surface area contributed by atoms with Gasteiger partial charge in [0.1, 0.15) is 5.82 Å². The molecule has 0 radical (unpaired) electrons. The molecule has 120 valence electrons. The Morgan fingerprint density at radius 1 is 1.00 bits per heavy atom. The van der Waals surface area contributed by atoms with Gasteiger partial charge >= 0.3 is 6.03 Å². The molecule has 2 N–H and O–H groups in total. The van der Waals surface area contributed by atoms with Crippen LogP contribution in [0.2, 0.25) is 0 Å². The fraction of sp³-hybridized carbons (Fsp3) is 0.0526. The van der Waals surface area contributed by atoms with Gasteiger partial charge in [0.05, 0.1) is 5.69 Å². The van der Waals surface area contributed by atoms with Gasteiger partial charge in [0.25, 0.3) is 0 Å². The van der Waals surface area contributed by atoms with Crippen LogP contribution in [0.15, 0.2) is 67.0 Å². The minimum Gasteiger partial charge on any atom is -0.308 e. The van der Waals surface area contributed by atoms with Crippen LogP contribution < -0.4 is 10.6 Å². The summed E-state index contributed by atoms with van der Waals surface area (Å²) in [6.45, 7) is 1.83. The summed E-state index contributed by atoms with van der Waals surface area (Å²) >= 11 is 0. The van der Waals surface area contributed by atoms with E-state index in [-0.39, 0.29) is 5.69 Å². The molecule has 0 aliphatic carbocycles. The average molecular weight is 321 g/mol. The summed E-state index contributed by atoms with van der Waals surface area (Å²) in [7, 11) is 0. The van der Waals surface area contributed by atoms with Crippen LogP contribution in [-0.4, -0.2) is 11.0 Å². The molecule has 1 heterocycles. The number of nitrogens with zero attached hydrogens (tertiary/aromatic N) is 1. The molecule has 24 heavy (non-hydrogen) atoms. The summed E-state index contributed by atoms with van der Waals surface area (Å²) in [6, 6.07) is 15.2. The number of hydrogen-bond acceptors (Lipinski definition) is 2. The van der Waals surface area contributed by atoms with Crippen LogP contribution in [0.4, 0.5) is 20.6 Å². The predicted molar refractivity (Wildman–Crippen MR) is 93.5 cm³/mol. The van der Waals surface area contributed by atoms with Crippen molar-refractivity contribution in [2.45, 2.75) is 6.92 Å². The summed E-state index contributed by atoms with van der Waals surface area (Å²) in [5.74, 6) is -0.470. The van der Waals surface area contributed by atoms with Gasteiger partial charge in [-0.15, -0.1) is 0 Å². The zero-order valence-electron chi connectivity index (χ0n) is 13.1. The molecule has 2 aromatic carbocycles. The summed E-state index contributed by atoms with van der Waals surface area (Å²) in [6.07, 6.45) is 3.49. The van der Waals surface area contributed by atoms with E-state index in [0.717, 1.165) is 16.7 Å². The molecule has 5 heteroatoms. The number of rotatable bonds is 3. The molecule has 0 spiro atoms. The van der Waals surface area contributed by atoms with Gasteiger partial charge < -0.3 is 10.6 Å². The number of anilines is 2. The minimum atomic E-state index is -0.492. The highest BCUT2D eigenvalue weighted by molar-refractivity contribution is 6.00. The van der Waals surface area contributed by atoms with Gasteiger partial charge in [-0.1, -0.05) is 24.3 Å². The van der Waals surface area contributed by atoms with E-state index < -0.39 is 11.8 Å². The van der Waals surface area contributed by atoms with Crippen molar-refractivity contribution in [1.82, 2.24) is 4.98 Å². The van der Waals surface area contributed by atoms with Gasteiger partial charge in [-0.3, -0.25) is 4.98 Å². The Morgan fingerprint density at radius 2 is 1.79 bits per heavy atom. The Morgan fingerprint density at radius 3 is 2.50 bits per heavy atom. The Balaban J connectivity index is 1.67. The lowest BCUT2D eigenvalue weighted by atomic mass is 10.1. The van der Waals surface area contributed by atoms with Crippen molar-refractivity contribution in [2.24, 2.45) is 0 Å². The van der Waals surface area contributed by atoms with E-state index in [1.165, 1.54) is 6.07 Å². The summed E-state index contributed by atoms with van der Waals surface area (Å²) in [5, 5.41) is 5.19. The lowest BCUT2D eigenvalue weighted by molar-refractivity contribution is 0.262. The van der Waals surface area contributed by atoms with Gasteiger partial charge in [0, 0.05) is 18.1 Å². The van der Waals surface area contributed by atoms with Crippen LogP contribution in [0.1, 0.15) is 5.56 Å². The first-order valence-corrected chi connectivity index (χ1v) is 7.46. The van der Waals surface area contributed by atoms with E-state index >= 15 is 0 Å². The number of urea groups is 1. The quantitative estimate of drug-likeness (QED) is 0.725. The zero-order chi connectivity index (χ0) is 16.9. The standard InChI is InChI=1S/C19H16FN3O/c1-13-4-9-17(20)18(11-13)23-19(24)22-16-7-5-14(6-8-16)15-3-2-10-21-12-15/h2-12H,1H3,(H2,22,23,24). The number of carbonyl (C=O) groups excluding carboxylic acids is 1. The SMILES string of the molecule is Cc1ccc(F)c(NC(=O)Nc2ccc(-c3cccnc3)cc2)c1. The van der Waals surface area contributed by atoms with Crippen LogP contribution in [0.5, 0.6) is 0 Å². The first-order valence-electron chi connectivity index (χ1n) is 7.46. The smallest absolute Gasteiger partial charge is 0.308 e. The molecular formula is C19H16FN3O. The van der Waals surface area contributed by atoms with Crippen molar-refractivity contribution < 1.29 is 9.18 Å². The van der Waals surface area contributed by atoms with Gasteiger partial charge in [0.2, 0.25) is 0 Å². The van der Waals surface area contributed by atoms with Crippen LogP contribution in [-0.2, 0) is 0 Å². The maximum Gasteiger partial charge on any atom is 0.323 e. The fourth-order valence-electron chi connectivity index (χ4n) is 2.30. The first kappa shape index (κ1) is 15.7. The molecule has 3 aromatic rings. The van der Waals surface area contributed by atoms with Crippen LogP contribution in [0.3, 0.4) is 0 Å². The number of carbonyl (C=O) groups is 1. The van der Waals surface area contributed by atoms with Crippen molar-refractivity contribution in [2.75, 3.05) is 10.6 Å². The van der Waals surface area contributed by atoms with Crippen molar-refractivity contribution >= 4 is 17.4 Å². The number of amides is 2. The van der Waals surface area contributed by atoms with E-state index in [4.69, 9.17) is 0 Å². The van der Waals surface area contributed by atoms with Crippen molar-refractivity contribution in [3.05, 3.63) is 78.4 Å². The Bertz CT molecular complexity index is 848. The second kappa shape index (κ2) is 6.91. The monoisotopic (exact) mass is 321 g/mol. The molecule has 0 atom stereocenters. The van der Waals surface area contributed by atoms with E-state index in [1.54, 1.807) is 36.7 Å². The minimum absolute atomic E-state index is 0.152. The van der Waals surface area contributed by atoms with Crippen molar-refractivity contribution in [1.29, 1.82) is 0 Å². The van der Waals surface area contributed by atoms with E-state index in [9.17, 15) is 9.18 Å². The molecule has 0 bridgehead atoms. The van der Waals surface area contributed by atoms with Gasteiger partial charge in [-0.25, -0.2) is 9.18 Å². The van der Waals surface area contributed by atoms with Crippen molar-refractivity contribution in [3.8, 4) is 11.1 Å². The molecule has 0 fully saturated rings. The number of hydrogen-bond donors (Lipinski definition) is 2. The Labute approximate surface area is 139 Å². The lowest BCUT2D eigenvalue weighted by Gasteiger charge is -2.10. The highest BCUT2D eigenvalue weighted by Crippen LogP contribution is 2.21. The largest absolute Gasteiger partial charge is 0.323 e. The molecule has 0 aliphatic heterocycles. The first-order chi connectivity index (χ1) is 11.6. The van der Waals surface area contributed by atoms with E-state index in [0.29, 0.717) is 5.69 Å². The molecule has 0 aliphatic rings. The molecule has 1 aromatic heterocycles. The summed E-state index contributed by atoms with van der Waals surface area (Å²) < 4.78 is 13.7. The Hall–Kier alpha value is -3.21. The average Bonchev–Trinajstić information content (AvgIpc) is 2.59. The number of aryl methyl sites for hydroxylation is 1. The topological polar surface area (TPSA) is 54.0 Å². The third kappa shape index (κ3) is 3.76. The molecule has 2 amide bonds. The number of benzene rings is 2. The summed E-state index contributed by atoms with van der Waals surface area (Å²) in [5.41, 5.74) is 3.63. The normalized spacial score (nSPS) is 10.2. The predicted octanol–water partition coefficient (Wildman–Crippen LogP) is 4.84. The van der Waals surface area contributed by atoms with Crippen LogP contribution in [0, 0.1) is 12.7 Å². The molecule has 0 unspecified atom stereocenters. The Kier molecular flexibility index (Phi) is 4.52. The number of pyridine rings is 1. The highest BCUT2D eigenvalue weighted by Gasteiger charge is 2.07. The van der Waals surface area contributed by atoms with E-state index in [1.807, 2.05) is 31.2 Å². The van der Waals surface area contributed by atoms with Crippen molar-refractivity contribution in [3.63, 3.8) is 0 Å². The second-order valence-corrected chi connectivity index (χ2v) is 5.38. The third-order valence-corrected chi connectivity index (χ3v) is 3.51.